The van der Waals surface area contributed by atoms with Crippen molar-refractivity contribution in [2.45, 2.75) is 20.8 Å². The van der Waals surface area contributed by atoms with E-state index in [1.807, 2.05) is 57.1 Å². The molecule has 2 aromatic carbocycles. The van der Waals surface area contributed by atoms with Crippen molar-refractivity contribution in [2.24, 2.45) is 0 Å². The first-order valence-electron chi connectivity index (χ1n) is 7.05. The van der Waals surface area contributed by atoms with Gasteiger partial charge >= 0.3 is 0 Å². The summed E-state index contributed by atoms with van der Waals surface area (Å²) in [6, 6.07) is 11.8. The van der Waals surface area contributed by atoms with Gasteiger partial charge in [-0.25, -0.2) is 0 Å². The third-order valence-corrected chi connectivity index (χ3v) is 3.54. The molecule has 1 N–H and O–H groups in total. The molecule has 0 saturated carbocycles. The molecule has 0 spiro atoms. The van der Waals surface area contributed by atoms with Crippen molar-refractivity contribution in [2.75, 3.05) is 24.3 Å². The Kier molecular flexibility index (Phi) is 4.32. The van der Waals surface area contributed by atoms with Crippen LogP contribution >= 0.6 is 0 Å². The minimum atomic E-state index is -0.0752. The van der Waals surface area contributed by atoms with Crippen LogP contribution in [0.15, 0.2) is 36.4 Å². The van der Waals surface area contributed by atoms with E-state index in [0.29, 0.717) is 5.56 Å². The number of nitrogens with zero attached hydrogens (tertiary/aromatic N) is 1. The topological polar surface area (TPSA) is 32.3 Å². The second kappa shape index (κ2) is 6.00. The Morgan fingerprint density at radius 1 is 1.00 bits per heavy atom. The van der Waals surface area contributed by atoms with Crippen molar-refractivity contribution in [3.63, 3.8) is 0 Å². The first-order valence-corrected chi connectivity index (χ1v) is 7.05. The summed E-state index contributed by atoms with van der Waals surface area (Å²) in [5.74, 6) is -0.0752. The van der Waals surface area contributed by atoms with Gasteiger partial charge in [-0.05, 0) is 50.1 Å². The van der Waals surface area contributed by atoms with E-state index in [-0.39, 0.29) is 5.91 Å². The average Bonchev–Trinajstić information content (AvgIpc) is 2.42. The summed E-state index contributed by atoms with van der Waals surface area (Å²) in [5.41, 5.74) is 5.97. The van der Waals surface area contributed by atoms with Crippen LogP contribution in [0.4, 0.5) is 11.4 Å². The monoisotopic (exact) mass is 282 g/mol. The van der Waals surface area contributed by atoms with E-state index in [4.69, 9.17) is 0 Å². The number of amides is 1. The van der Waals surface area contributed by atoms with Crippen LogP contribution in [0.25, 0.3) is 0 Å². The number of hydrogen-bond donors (Lipinski definition) is 1. The predicted molar refractivity (Wildman–Crippen MR) is 89.4 cm³/mol. The summed E-state index contributed by atoms with van der Waals surface area (Å²) in [4.78, 5) is 14.4. The van der Waals surface area contributed by atoms with E-state index < -0.39 is 0 Å². The van der Waals surface area contributed by atoms with Crippen LogP contribution < -0.4 is 10.2 Å². The van der Waals surface area contributed by atoms with Crippen molar-refractivity contribution in [1.82, 2.24) is 0 Å². The molecule has 0 saturated heterocycles. The second-order valence-corrected chi connectivity index (χ2v) is 5.67. The lowest BCUT2D eigenvalue weighted by Gasteiger charge is -2.15. The maximum Gasteiger partial charge on any atom is 0.255 e. The minimum absolute atomic E-state index is 0.0752. The van der Waals surface area contributed by atoms with E-state index in [9.17, 15) is 4.79 Å². The number of carbonyl (C=O) groups is 1. The van der Waals surface area contributed by atoms with Crippen LogP contribution in [0, 0.1) is 20.8 Å². The molecule has 0 radical (unpaired) electrons. The number of anilines is 2. The van der Waals surface area contributed by atoms with Gasteiger partial charge in [-0.1, -0.05) is 23.8 Å². The summed E-state index contributed by atoms with van der Waals surface area (Å²) >= 11 is 0. The highest BCUT2D eigenvalue weighted by Gasteiger charge is 2.11. The number of aryl methyl sites for hydroxylation is 3. The molecule has 0 aliphatic carbocycles. The molecule has 0 bridgehead atoms. The maximum atomic E-state index is 12.4. The zero-order valence-electron chi connectivity index (χ0n) is 13.3. The Hall–Kier alpha value is -2.29. The normalized spacial score (nSPS) is 10.3. The van der Waals surface area contributed by atoms with Gasteiger partial charge in [0.25, 0.3) is 5.91 Å². The van der Waals surface area contributed by atoms with Crippen LogP contribution in [0.5, 0.6) is 0 Å². The summed E-state index contributed by atoms with van der Waals surface area (Å²) in [5, 5.41) is 3.03. The van der Waals surface area contributed by atoms with Gasteiger partial charge in [0, 0.05) is 31.0 Å². The minimum Gasteiger partial charge on any atom is -0.378 e. The quantitative estimate of drug-likeness (QED) is 0.925. The number of benzene rings is 2. The fraction of sp³-hybridized carbons (Fsp3) is 0.278. The average molecular weight is 282 g/mol. The molecule has 0 atom stereocenters. The molecule has 0 aromatic heterocycles. The molecule has 0 aliphatic heterocycles. The highest BCUT2D eigenvalue weighted by Crippen LogP contribution is 2.23. The van der Waals surface area contributed by atoms with Crippen molar-refractivity contribution in [3.8, 4) is 0 Å². The van der Waals surface area contributed by atoms with Crippen molar-refractivity contribution in [3.05, 3.63) is 58.7 Å². The summed E-state index contributed by atoms with van der Waals surface area (Å²) < 4.78 is 0. The summed E-state index contributed by atoms with van der Waals surface area (Å²) in [6.45, 7) is 6.10. The fourth-order valence-corrected chi connectivity index (χ4v) is 2.49. The van der Waals surface area contributed by atoms with Gasteiger partial charge in [0.15, 0.2) is 0 Å². The van der Waals surface area contributed by atoms with Gasteiger partial charge in [0.05, 0.1) is 0 Å². The molecule has 1 amide bonds. The van der Waals surface area contributed by atoms with E-state index >= 15 is 0 Å². The zero-order valence-corrected chi connectivity index (χ0v) is 13.3. The number of carbonyl (C=O) groups excluding carboxylic acids is 1. The maximum absolute atomic E-state index is 12.4. The van der Waals surface area contributed by atoms with Gasteiger partial charge in [-0.2, -0.15) is 0 Å². The molecular formula is C18H22N2O. The lowest BCUT2D eigenvalue weighted by molar-refractivity contribution is 0.102. The molecule has 0 unspecified atom stereocenters. The van der Waals surface area contributed by atoms with Gasteiger partial charge in [0.1, 0.15) is 0 Å². The lowest BCUT2D eigenvalue weighted by atomic mass is 10.0. The van der Waals surface area contributed by atoms with E-state index in [1.165, 1.54) is 5.56 Å². The number of rotatable bonds is 3. The van der Waals surface area contributed by atoms with Gasteiger partial charge in [-0.15, -0.1) is 0 Å². The highest BCUT2D eigenvalue weighted by molar-refractivity contribution is 6.05. The van der Waals surface area contributed by atoms with Crippen molar-refractivity contribution < 1.29 is 4.79 Å². The van der Waals surface area contributed by atoms with Crippen LogP contribution in [0.1, 0.15) is 27.0 Å². The van der Waals surface area contributed by atoms with E-state index in [0.717, 1.165) is 22.5 Å². The zero-order chi connectivity index (χ0) is 15.6. The Labute approximate surface area is 126 Å². The molecule has 110 valence electrons. The standard InChI is InChI=1S/C18H22N2O/c1-12-9-13(2)17(14(3)10-12)19-18(21)15-7-6-8-16(11-15)20(4)5/h6-11H,1-5H3,(H,19,21). The van der Waals surface area contributed by atoms with Crippen LogP contribution in [0.3, 0.4) is 0 Å². The fourth-order valence-electron chi connectivity index (χ4n) is 2.49. The third kappa shape index (κ3) is 3.43. The molecule has 0 aliphatic rings. The van der Waals surface area contributed by atoms with Crippen LogP contribution in [0.2, 0.25) is 0 Å². The molecule has 0 heterocycles. The van der Waals surface area contributed by atoms with Crippen LogP contribution in [-0.4, -0.2) is 20.0 Å². The van der Waals surface area contributed by atoms with Gasteiger partial charge < -0.3 is 10.2 Å². The largest absolute Gasteiger partial charge is 0.378 e. The van der Waals surface area contributed by atoms with Gasteiger partial charge in [-0.3, -0.25) is 4.79 Å². The molecule has 3 heteroatoms. The first-order chi connectivity index (χ1) is 9.88. The first kappa shape index (κ1) is 15.1. The Morgan fingerprint density at radius 2 is 1.62 bits per heavy atom. The Balaban J connectivity index is 2.28. The summed E-state index contributed by atoms with van der Waals surface area (Å²) in [6.07, 6.45) is 0. The molecule has 2 rings (SSSR count). The second-order valence-electron chi connectivity index (χ2n) is 5.67. The van der Waals surface area contributed by atoms with Crippen LogP contribution in [-0.2, 0) is 0 Å². The molecular weight excluding hydrogens is 260 g/mol. The molecule has 3 nitrogen and oxygen atoms in total. The lowest BCUT2D eigenvalue weighted by Crippen LogP contribution is -2.15. The Bertz CT molecular complexity index is 652. The molecule has 2 aromatic rings. The smallest absolute Gasteiger partial charge is 0.255 e. The SMILES string of the molecule is Cc1cc(C)c(NC(=O)c2cccc(N(C)C)c2)c(C)c1. The number of hydrogen-bond acceptors (Lipinski definition) is 2. The molecule has 21 heavy (non-hydrogen) atoms. The third-order valence-electron chi connectivity index (χ3n) is 3.54. The number of nitrogens with one attached hydrogen (secondary N) is 1. The molecule has 0 fully saturated rings. The Morgan fingerprint density at radius 3 is 2.19 bits per heavy atom. The predicted octanol–water partition coefficient (Wildman–Crippen LogP) is 3.93. The van der Waals surface area contributed by atoms with E-state index in [2.05, 4.69) is 24.4 Å². The van der Waals surface area contributed by atoms with Crippen molar-refractivity contribution >= 4 is 17.3 Å². The highest BCUT2D eigenvalue weighted by atomic mass is 16.1. The van der Waals surface area contributed by atoms with E-state index in [1.54, 1.807) is 0 Å². The van der Waals surface area contributed by atoms with Crippen molar-refractivity contribution in [1.29, 1.82) is 0 Å². The summed E-state index contributed by atoms with van der Waals surface area (Å²) in [7, 11) is 3.93. The van der Waals surface area contributed by atoms with Gasteiger partial charge in [0.2, 0.25) is 0 Å².